The van der Waals surface area contributed by atoms with Crippen LogP contribution < -0.4 is 10.2 Å². The molecule has 0 aromatic heterocycles. The lowest BCUT2D eigenvalue weighted by Crippen LogP contribution is -2.28. The highest BCUT2D eigenvalue weighted by molar-refractivity contribution is 6.31. The predicted molar refractivity (Wildman–Crippen MR) is 92.0 cm³/mol. The molecule has 0 saturated carbocycles. The molecule has 1 saturated heterocycles. The number of alkyl halides is 3. The average Bonchev–Trinajstić information content (AvgIpc) is 2.98. The van der Waals surface area contributed by atoms with Crippen LogP contribution in [0.5, 0.6) is 0 Å². The van der Waals surface area contributed by atoms with Crippen molar-refractivity contribution in [3.05, 3.63) is 59.1 Å². The van der Waals surface area contributed by atoms with Crippen LogP contribution in [-0.2, 0) is 15.8 Å². The van der Waals surface area contributed by atoms with Crippen molar-refractivity contribution in [3.63, 3.8) is 0 Å². The lowest BCUT2D eigenvalue weighted by Gasteiger charge is -2.17. The van der Waals surface area contributed by atoms with E-state index in [-0.39, 0.29) is 24.6 Å². The number of para-hydroxylation sites is 1. The summed E-state index contributed by atoms with van der Waals surface area (Å²) in [5, 5.41) is 2.00. The van der Waals surface area contributed by atoms with Crippen LogP contribution in [0.3, 0.4) is 0 Å². The number of rotatable bonds is 3. The first kappa shape index (κ1) is 18.3. The second kappa shape index (κ2) is 6.99. The van der Waals surface area contributed by atoms with E-state index in [0.29, 0.717) is 5.69 Å². The lowest BCUT2D eigenvalue weighted by molar-refractivity contribution is -0.137. The molecule has 2 amide bonds. The molecule has 8 heteroatoms. The van der Waals surface area contributed by atoms with E-state index in [2.05, 4.69) is 5.32 Å². The minimum absolute atomic E-state index is 0.000442. The third kappa shape index (κ3) is 3.83. The summed E-state index contributed by atoms with van der Waals surface area (Å²) in [5.74, 6) is -1.36. The monoisotopic (exact) mass is 382 g/mol. The van der Waals surface area contributed by atoms with Crippen LogP contribution in [-0.4, -0.2) is 18.4 Å². The highest BCUT2D eigenvalue weighted by atomic mass is 35.5. The normalized spacial score (nSPS) is 17.5. The number of carbonyl (C=O) groups excluding carboxylic acids is 2. The standard InChI is InChI=1S/C18H14ClF3N2O2/c19-15-7-6-12(9-14(15)18(20,21)22)23-17(26)11-8-16(25)24(10-11)13-4-2-1-3-5-13/h1-7,9,11H,8,10H2,(H,23,26)/t11-/m1/s1. The fourth-order valence-corrected chi connectivity index (χ4v) is 3.03. The van der Waals surface area contributed by atoms with Gasteiger partial charge in [0.15, 0.2) is 0 Å². The summed E-state index contributed by atoms with van der Waals surface area (Å²) < 4.78 is 38.7. The van der Waals surface area contributed by atoms with E-state index in [1.54, 1.807) is 24.3 Å². The summed E-state index contributed by atoms with van der Waals surface area (Å²) in [7, 11) is 0. The van der Waals surface area contributed by atoms with Gasteiger partial charge < -0.3 is 10.2 Å². The number of nitrogens with zero attached hydrogens (tertiary/aromatic N) is 1. The Morgan fingerprint density at radius 3 is 2.50 bits per heavy atom. The van der Waals surface area contributed by atoms with Gasteiger partial charge in [-0.3, -0.25) is 9.59 Å². The van der Waals surface area contributed by atoms with Gasteiger partial charge in [-0.2, -0.15) is 13.2 Å². The molecule has 136 valence electrons. The second-order valence-corrected chi connectivity index (χ2v) is 6.33. The summed E-state index contributed by atoms with van der Waals surface area (Å²) >= 11 is 5.57. The molecular weight excluding hydrogens is 369 g/mol. The van der Waals surface area contributed by atoms with Crippen molar-refractivity contribution in [3.8, 4) is 0 Å². The van der Waals surface area contributed by atoms with Crippen molar-refractivity contribution < 1.29 is 22.8 Å². The average molecular weight is 383 g/mol. The van der Waals surface area contributed by atoms with Gasteiger partial charge in [0.05, 0.1) is 16.5 Å². The zero-order chi connectivity index (χ0) is 18.9. The van der Waals surface area contributed by atoms with Crippen LogP contribution in [0.1, 0.15) is 12.0 Å². The summed E-state index contributed by atoms with van der Waals surface area (Å²) in [6.07, 6.45) is -4.62. The SMILES string of the molecule is O=C(Nc1ccc(Cl)c(C(F)(F)F)c1)[C@@H]1CC(=O)N(c2ccccc2)C1. The van der Waals surface area contributed by atoms with Crippen molar-refractivity contribution in [2.75, 3.05) is 16.8 Å². The van der Waals surface area contributed by atoms with Crippen LogP contribution in [0.4, 0.5) is 24.5 Å². The fourth-order valence-electron chi connectivity index (χ4n) is 2.81. The molecular formula is C18H14ClF3N2O2. The van der Waals surface area contributed by atoms with Crippen molar-refractivity contribution in [2.24, 2.45) is 5.92 Å². The Labute approximate surface area is 152 Å². The number of anilines is 2. The van der Waals surface area contributed by atoms with Gasteiger partial charge in [0, 0.05) is 24.3 Å². The van der Waals surface area contributed by atoms with Gasteiger partial charge in [0.2, 0.25) is 11.8 Å². The molecule has 0 spiro atoms. The third-order valence-electron chi connectivity index (χ3n) is 4.10. The number of hydrogen-bond acceptors (Lipinski definition) is 2. The molecule has 3 rings (SSSR count). The quantitative estimate of drug-likeness (QED) is 0.858. The smallest absolute Gasteiger partial charge is 0.326 e. The van der Waals surface area contributed by atoms with Gasteiger partial charge in [-0.05, 0) is 30.3 Å². The number of carbonyl (C=O) groups is 2. The van der Waals surface area contributed by atoms with Gasteiger partial charge in [-0.25, -0.2) is 0 Å². The number of nitrogens with one attached hydrogen (secondary N) is 1. The van der Waals surface area contributed by atoms with Crippen LogP contribution in [0.2, 0.25) is 5.02 Å². The highest BCUT2D eigenvalue weighted by Gasteiger charge is 2.36. The molecule has 1 N–H and O–H groups in total. The summed E-state index contributed by atoms with van der Waals surface area (Å²) in [5.41, 5.74) is -0.360. The minimum Gasteiger partial charge on any atom is -0.326 e. The van der Waals surface area contributed by atoms with E-state index in [0.717, 1.165) is 12.1 Å². The molecule has 0 unspecified atom stereocenters. The van der Waals surface area contributed by atoms with Gasteiger partial charge in [0.1, 0.15) is 0 Å². The zero-order valence-electron chi connectivity index (χ0n) is 13.4. The van der Waals surface area contributed by atoms with Gasteiger partial charge in [-0.15, -0.1) is 0 Å². The topological polar surface area (TPSA) is 49.4 Å². The predicted octanol–water partition coefficient (Wildman–Crippen LogP) is 4.35. The van der Waals surface area contributed by atoms with Gasteiger partial charge in [-0.1, -0.05) is 29.8 Å². The molecule has 26 heavy (non-hydrogen) atoms. The second-order valence-electron chi connectivity index (χ2n) is 5.92. The molecule has 2 aromatic rings. The largest absolute Gasteiger partial charge is 0.417 e. The minimum atomic E-state index is -4.62. The third-order valence-corrected chi connectivity index (χ3v) is 4.43. The molecule has 1 aliphatic heterocycles. The first-order chi connectivity index (χ1) is 12.3. The first-order valence-corrected chi connectivity index (χ1v) is 8.16. The fraction of sp³-hybridized carbons (Fsp3) is 0.222. The Kier molecular flexibility index (Phi) is 4.91. The highest BCUT2D eigenvalue weighted by Crippen LogP contribution is 2.36. The van der Waals surface area contributed by atoms with Crippen molar-refractivity contribution in [2.45, 2.75) is 12.6 Å². The van der Waals surface area contributed by atoms with Crippen LogP contribution in [0.25, 0.3) is 0 Å². The van der Waals surface area contributed by atoms with Crippen LogP contribution in [0.15, 0.2) is 48.5 Å². The van der Waals surface area contributed by atoms with E-state index < -0.39 is 28.6 Å². The Bertz CT molecular complexity index is 840. The molecule has 1 atom stereocenters. The molecule has 1 aliphatic rings. The molecule has 0 bridgehead atoms. The maximum absolute atomic E-state index is 12.9. The van der Waals surface area contributed by atoms with Gasteiger partial charge in [0.25, 0.3) is 0 Å². The van der Waals surface area contributed by atoms with E-state index >= 15 is 0 Å². The maximum Gasteiger partial charge on any atom is 0.417 e. The van der Waals surface area contributed by atoms with Crippen molar-refractivity contribution >= 4 is 34.8 Å². The summed E-state index contributed by atoms with van der Waals surface area (Å²) in [4.78, 5) is 26.0. The van der Waals surface area contributed by atoms with E-state index in [9.17, 15) is 22.8 Å². The van der Waals surface area contributed by atoms with Crippen molar-refractivity contribution in [1.82, 2.24) is 0 Å². The maximum atomic E-state index is 12.9. The summed E-state index contributed by atoms with van der Waals surface area (Å²) in [6, 6.07) is 12.0. The molecule has 2 aromatic carbocycles. The zero-order valence-corrected chi connectivity index (χ0v) is 14.1. The lowest BCUT2D eigenvalue weighted by atomic mass is 10.1. The Balaban J connectivity index is 1.72. The Morgan fingerprint density at radius 2 is 1.85 bits per heavy atom. The molecule has 0 radical (unpaired) electrons. The number of benzene rings is 2. The Morgan fingerprint density at radius 1 is 1.15 bits per heavy atom. The Hall–Kier alpha value is -2.54. The van der Waals surface area contributed by atoms with Crippen molar-refractivity contribution in [1.29, 1.82) is 0 Å². The summed E-state index contributed by atoms with van der Waals surface area (Å²) in [6.45, 7) is 0.175. The van der Waals surface area contributed by atoms with E-state index in [1.807, 2.05) is 6.07 Å². The number of amides is 2. The number of halogens is 4. The van der Waals surface area contributed by atoms with Gasteiger partial charge >= 0.3 is 6.18 Å². The molecule has 0 aliphatic carbocycles. The molecule has 4 nitrogen and oxygen atoms in total. The first-order valence-electron chi connectivity index (χ1n) is 7.79. The van der Waals surface area contributed by atoms with Crippen LogP contribution >= 0.6 is 11.6 Å². The molecule has 1 heterocycles. The number of hydrogen-bond donors (Lipinski definition) is 1. The van der Waals surface area contributed by atoms with Crippen LogP contribution in [0, 0.1) is 5.92 Å². The molecule has 1 fully saturated rings. The van der Waals surface area contributed by atoms with E-state index in [1.165, 1.54) is 11.0 Å². The van der Waals surface area contributed by atoms with E-state index in [4.69, 9.17) is 11.6 Å².